The largest absolute Gasteiger partial charge is 0.459 e. The number of aromatic nitrogens is 1. The number of aryl methyl sites for hydroxylation is 1. The summed E-state index contributed by atoms with van der Waals surface area (Å²) in [6.07, 6.45) is -0.325. The van der Waals surface area contributed by atoms with E-state index in [2.05, 4.69) is 4.98 Å². The van der Waals surface area contributed by atoms with E-state index in [0.717, 1.165) is 6.07 Å². The Labute approximate surface area is 191 Å². The summed E-state index contributed by atoms with van der Waals surface area (Å²) in [5.74, 6) is -2.69. The lowest BCUT2D eigenvalue weighted by Gasteiger charge is -2.39. The van der Waals surface area contributed by atoms with Crippen LogP contribution in [0.3, 0.4) is 0 Å². The summed E-state index contributed by atoms with van der Waals surface area (Å²) in [7, 11) is -4.00. The zero-order chi connectivity index (χ0) is 24.3. The highest BCUT2D eigenvalue weighted by Gasteiger charge is 2.36. The Morgan fingerprint density at radius 3 is 2.64 bits per heavy atom. The topological polar surface area (TPSA) is 129 Å². The molecule has 1 aromatic heterocycles. The van der Waals surface area contributed by atoms with Gasteiger partial charge in [-0.3, -0.25) is 9.52 Å². The Kier molecular flexibility index (Phi) is 6.98. The Hall–Kier alpha value is -3.52. The van der Waals surface area contributed by atoms with Crippen molar-refractivity contribution in [2.45, 2.75) is 32.6 Å². The van der Waals surface area contributed by atoms with Gasteiger partial charge in [0.2, 0.25) is 15.9 Å². The van der Waals surface area contributed by atoms with E-state index in [4.69, 9.17) is 4.74 Å². The fourth-order valence-corrected chi connectivity index (χ4v) is 4.50. The molecule has 3 rings (SSSR count). The number of nitrogens with one attached hydrogen (secondary N) is 1. The van der Waals surface area contributed by atoms with Crippen LogP contribution in [0.15, 0.2) is 30.3 Å². The number of ether oxygens (including phenoxy) is 1. The van der Waals surface area contributed by atoms with Crippen molar-refractivity contribution in [3.63, 3.8) is 0 Å². The van der Waals surface area contributed by atoms with E-state index < -0.39 is 39.4 Å². The maximum atomic E-state index is 13.3. The average Bonchev–Trinajstić information content (AvgIpc) is 2.65. The van der Waals surface area contributed by atoms with Crippen molar-refractivity contribution in [1.82, 2.24) is 9.71 Å². The average molecular weight is 475 g/mol. The molecule has 0 atom stereocenters. The highest BCUT2D eigenvalue weighted by Crippen LogP contribution is 2.28. The lowest BCUT2D eigenvalue weighted by atomic mass is 9.98. The van der Waals surface area contributed by atoms with E-state index >= 15 is 0 Å². The summed E-state index contributed by atoms with van der Waals surface area (Å²) >= 11 is 0. The fourth-order valence-electron chi connectivity index (χ4n) is 3.34. The summed E-state index contributed by atoms with van der Waals surface area (Å²) in [6.45, 7) is 5.34. The Morgan fingerprint density at radius 1 is 1.33 bits per heavy atom. The first kappa shape index (κ1) is 24.1. The smallest absolute Gasteiger partial charge is 0.340 e. The van der Waals surface area contributed by atoms with E-state index in [-0.39, 0.29) is 35.9 Å². The summed E-state index contributed by atoms with van der Waals surface area (Å²) in [5, 5.41) is 9.50. The Bertz CT molecular complexity index is 1230. The second kappa shape index (κ2) is 9.54. The van der Waals surface area contributed by atoms with Gasteiger partial charge in [0, 0.05) is 13.1 Å². The molecule has 0 unspecified atom stereocenters. The van der Waals surface area contributed by atoms with Crippen LogP contribution in [0.5, 0.6) is 0 Å². The predicted molar refractivity (Wildman–Crippen MR) is 117 cm³/mol. The van der Waals surface area contributed by atoms with E-state index in [0.29, 0.717) is 11.5 Å². The number of hydrogen-bond acceptors (Lipinski definition) is 8. The van der Waals surface area contributed by atoms with E-state index in [1.165, 1.54) is 24.3 Å². The van der Waals surface area contributed by atoms with Gasteiger partial charge in [0.15, 0.2) is 0 Å². The first-order chi connectivity index (χ1) is 15.5. The third-order valence-corrected chi connectivity index (χ3v) is 6.16. The van der Waals surface area contributed by atoms with Crippen LogP contribution in [0.25, 0.3) is 0 Å². The minimum atomic E-state index is -4.00. The lowest BCUT2D eigenvalue weighted by Crippen LogP contribution is -2.55. The molecule has 1 aliphatic rings. The maximum Gasteiger partial charge on any atom is 0.340 e. The van der Waals surface area contributed by atoms with Crippen molar-refractivity contribution in [2.24, 2.45) is 5.92 Å². The number of rotatable bonds is 7. The number of anilines is 1. The van der Waals surface area contributed by atoms with Crippen LogP contribution in [-0.2, 0) is 25.3 Å². The van der Waals surface area contributed by atoms with Crippen molar-refractivity contribution < 1.29 is 27.1 Å². The van der Waals surface area contributed by atoms with Crippen molar-refractivity contribution >= 4 is 27.7 Å². The number of pyridine rings is 1. The van der Waals surface area contributed by atoms with E-state index in [9.17, 15) is 27.7 Å². The highest BCUT2D eigenvalue weighted by molar-refractivity contribution is 7.89. The molecule has 1 saturated heterocycles. The number of halogens is 1. The SMILES string of the molecule is Cc1nc(N2CC(C(=O)NS(=O)(=O)Cc3cccc(F)c3)C2)c(C#N)cc1C(=O)OC(C)C. The molecule has 1 amide bonds. The number of carbonyl (C=O) groups excluding carboxylic acids is 2. The molecule has 0 spiro atoms. The van der Waals surface area contributed by atoms with Gasteiger partial charge in [-0.1, -0.05) is 12.1 Å². The third-order valence-electron chi connectivity index (χ3n) is 4.93. The zero-order valence-electron chi connectivity index (χ0n) is 18.3. The van der Waals surface area contributed by atoms with Crippen LogP contribution in [0.1, 0.15) is 41.0 Å². The molecule has 2 heterocycles. The highest BCUT2D eigenvalue weighted by atomic mass is 32.2. The van der Waals surface area contributed by atoms with Gasteiger partial charge in [0.1, 0.15) is 17.7 Å². The molecular formula is C22H23FN4O5S. The molecule has 1 aliphatic heterocycles. The third kappa shape index (κ3) is 5.84. The molecule has 11 heteroatoms. The van der Waals surface area contributed by atoms with Crippen molar-refractivity contribution in [3.05, 3.63) is 58.5 Å². The normalized spacial score (nSPS) is 13.9. The van der Waals surface area contributed by atoms with E-state index in [1.807, 2.05) is 10.8 Å². The van der Waals surface area contributed by atoms with Crippen molar-refractivity contribution in [2.75, 3.05) is 18.0 Å². The van der Waals surface area contributed by atoms with Gasteiger partial charge in [-0.2, -0.15) is 5.26 Å². The number of nitrogens with zero attached hydrogens (tertiary/aromatic N) is 3. The van der Waals surface area contributed by atoms with Gasteiger partial charge in [-0.05, 0) is 44.5 Å². The van der Waals surface area contributed by atoms with Crippen LogP contribution in [0.4, 0.5) is 10.2 Å². The summed E-state index contributed by atoms with van der Waals surface area (Å²) in [5.41, 5.74) is 0.927. The maximum absolute atomic E-state index is 13.3. The van der Waals surface area contributed by atoms with Gasteiger partial charge in [0.05, 0.1) is 34.6 Å². The van der Waals surface area contributed by atoms with Gasteiger partial charge in [0.25, 0.3) is 0 Å². The molecule has 0 saturated carbocycles. The summed E-state index contributed by atoms with van der Waals surface area (Å²) in [6, 6.07) is 8.53. The van der Waals surface area contributed by atoms with Gasteiger partial charge in [-0.25, -0.2) is 22.6 Å². The Morgan fingerprint density at radius 2 is 2.03 bits per heavy atom. The molecule has 33 heavy (non-hydrogen) atoms. The number of esters is 1. The van der Waals surface area contributed by atoms with Crippen LogP contribution >= 0.6 is 0 Å². The van der Waals surface area contributed by atoms with Crippen LogP contribution in [0, 0.1) is 30.0 Å². The lowest BCUT2D eigenvalue weighted by molar-refractivity contribution is -0.123. The number of carbonyl (C=O) groups is 2. The number of benzene rings is 1. The van der Waals surface area contributed by atoms with Crippen LogP contribution < -0.4 is 9.62 Å². The summed E-state index contributed by atoms with van der Waals surface area (Å²) in [4.78, 5) is 30.6. The predicted octanol–water partition coefficient (Wildman–Crippen LogP) is 2.05. The minimum absolute atomic E-state index is 0.147. The number of sulfonamides is 1. The van der Waals surface area contributed by atoms with Crippen molar-refractivity contribution in [3.8, 4) is 6.07 Å². The molecule has 1 aromatic carbocycles. The van der Waals surface area contributed by atoms with Crippen molar-refractivity contribution in [1.29, 1.82) is 5.26 Å². The molecule has 0 aliphatic carbocycles. The van der Waals surface area contributed by atoms with E-state index in [1.54, 1.807) is 25.7 Å². The molecule has 0 radical (unpaired) electrons. The first-order valence-corrected chi connectivity index (χ1v) is 11.8. The standard InChI is InChI=1S/C22H23FN4O5S/c1-13(2)32-22(29)19-8-16(9-24)20(25-14(19)3)27-10-17(11-27)21(28)26-33(30,31)12-15-5-4-6-18(23)7-15/h4-8,13,17H,10-12H2,1-3H3,(H,26,28). The molecule has 1 fully saturated rings. The van der Waals surface area contributed by atoms with Gasteiger partial charge >= 0.3 is 5.97 Å². The molecule has 174 valence electrons. The molecule has 2 aromatic rings. The summed E-state index contributed by atoms with van der Waals surface area (Å²) < 4.78 is 45.0. The minimum Gasteiger partial charge on any atom is -0.459 e. The van der Waals surface area contributed by atoms with Crippen LogP contribution in [0.2, 0.25) is 0 Å². The molecule has 0 bridgehead atoms. The molecule has 1 N–H and O–H groups in total. The van der Waals surface area contributed by atoms with Gasteiger partial charge < -0.3 is 9.64 Å². The first-order valence-electron chi connectivity index (χ1n) is 10.2. The Balaban J connectivity index is 1.65. The second-order valence-electron chi connectivity index (χ2n) is 8.02. The van der Waals surface area contributed by atoms with Gasteiger partial charge in [-0.15, -0.1) is 0 Å². The fraction of sp³-hybridized carbons (Fsp3) is 0.364. The number of hydrogen-bond donors (Lipinski definition) is 1. The molecular weight excluding hydrogens is 451 g/mol. The van der Waals surface area contributed by atoms with Crippen LogP contribution in [-0.4, -0.2) is 44.5 Å². The monoisotopic (exact) mass is 474 g/mol. The zero-order valence-corrected chi connectivity index (χ0v) is 19.1. The quantitative estimate of drug-likeness (QED) is 0.604. The number of amides is 1. The molecule has 9 nitrogen and oxygen atoms in total. The number of nitriles is 1. The second-order valence-corrected chi connectivity index (χ2v) is 9.74.